The van der Waals surface area contributed by atoms with Crippen molar-refractivity contribution in [3.63, 3.8) is 0 Å². The monoisotopic (exact) mass is 294 g/mol. The molecule has 3 N–H and O–H groups in total. The second-order valence-corrected chi connectivity index (χ2v) is 6.15. The van der Waals surface area contributed by atoms with Gasteiger partial charge in [-0.15, -0.1) is 0 Å². The fraction of sp³-hybridized carbons (Fsp3) is 0.562. The number of amides is 1. The Labute approximate surface area is 124 Å². The van der Waals surface area contributed by atoms with E-state index in [-0.39, 0.29) is 24.4 Å². The van der Waals surface area contributed by atoms with Crippen LogP contribution < -0.4 is 11.1 Å². The van der Waals surface area contributed by atoms with E-state index in [0.29, 0.717) is 18.6 Å². The summed E-state index contributed by atoms with van der Waals surface area (Å²) in [5.41, 5.74) is 5.62. The first-order valence-electron chi connectivity index (χ1n) is 7.24. The van der Waals surface area contributed by atoms with E-state index < -0.39 is 11.0 Å². The summed E-state index contributed by atoms with van der Waals surface area (Å²) in [5, 5.41) is 2.80. The van der Waals surface area contributed by atoms with Gasteiger partial charge >= 0.3 is 0 Å². The third-order valence-corrected chi connectivity index (χ3v) is 4.58. The van der Waals surface area contributed by atoms with Gasteiger partial charge in [0, 0.05) is 25.0 Å². The van der Waals surface area contributed by atoms with Gasteiger partial charge < -0.3 is 15.8 Å². The summed E-state index contributed by atoms with van der Waals surface area (Å²) in [5.74, 6) is -0.530. The normalized spacial score (nSPS) is 27.0. The van der Waals surface area contributed by atoms with Crippen LogP contribution in [-0.4, -0.2) is 24.2 Å². The van der Waals surface area contributed by atoms with Crippen molar-refractivity contribution in [1.29, 1.82) is 0 Å². The van der Waals surface area contributed by atoms with Gasteiger partial charge in [0.05, 0.1) is 6.10 Å². The van der Waals surface area contributed by atoms with Crippen molar-refractivity contribution in [2.75, 3.05) is 6.61 Å². The molecular formula is C16H23FN2O2. The lowest BCUT2D eigenvalue weighted by atomic mass is 9.54. The Morgan fingerprint density at radius 3 is 2.81 bits per heavy atom. The average Bonchev–Trinajstić information content (AvgIpc) is 2.44. The second kappa shape index (κ2) is 5.73. The van der Waals surface area contributed by atoms with Crippen LogP contribution in [0.15, 0.2) is 24.3 Å². The Bertz CT molecular complexity index is 533. The van der Waals surface area contributed by atoms with Gasteiger partial charge in [-0.3, -0.25) is 4.79 Å². The lowest BCUT2D eigenvalue weighted by Gasteiger charge is -2.57. The van der Waals surface area contributed by atoms with Gasteiger partial charge in [0.15, 0.2) is 0 Å². The van der Waals surface area contributed by atoms with Crippen LogP contribution in [0.2, 0.25) is 0 Å². The van der Waals surface area contributed by atoms with Crippen LogP contribution in [0.4, 0.5) is 4.39 Å². The molecule has 2 rings (SSSR count). The number of carbonyl (C=O) groups is 1. The first-order valence-corrected chi connectivity index (χ1v) is 7.24. The van der Waals surface area contributed by atoms with Crippen molar-refractivity contribution in [3.05, 3.63) is 35.6 Å². The number of ether oxygens (including phenoxy) is 1. The molecule has 21 heavy (non-hydrogen) atoms. The summed E-state index contributed by atoms with van der Waals surface area (Å²) >= 11 is 0. The Hall–Kier alpha value is -1.46. The molecule has 2 unspecified atom stereocenters. The van der Waals surface area contributed by atoms with E-state index in [9.17, 15) is 9.18 Å². The summed E-state index contributed by atoms with van der Waals surface area (Å²) in [6.07, 6.45) is 0.496. The van der Waals surface area contributed by atoms with Crippen LogP contribution in [0.3, 0.4) is 0 Å². The summed E-state index contributed by atoms with van der Waals surface area (Å²) in [6, 6.07) is 6.16. The number of halogens is 1. The third kappa shape index (κ3) is 2.80. The van der Waals surface area contributed by atoms with E-state index >= 15 is 0 Å². The Balaban J connectivity index is 1.98. The second-order valence-electron chi connectivity index (χ2n) is 6.15. The number of benzene rings is 1. The average molecular weight is 294 g/mol. The molecular weight excluding hydrogens is 271 g/mol. The highest BCUT2D eigenvalue weighted by molar-refractivity contribution is 5.88. The van der Waals surface area contributed by atoms with E-state index in [2.05, 4.69) is 5.32 Å². The summed E-state index contributed by atoms with van der Waals surface area (Å²) in [6.45, 7) is 6.69. The topological polar surface area (TPSA) is 64.3 Å². The van der Waals surface area contributed by atoms with E-state index in [4.69, 9.17) is 10.5 Å². The van der Waals surface area contributed by atoms with Crippen LogP contribution in [0.1, 0.15) is 32.8 Å². The fourth-order valence-electron chi connectivity index (χ4n) is 2.81. The molecule has 2 atom stereocenters. The van der Waals surface area contributed by atoms with Crippen molar-refractivity contribution >= 4 is 5.91 Å². The van der Waals surface area contributed by atoms with Crippen LogP contribution >= 0.6 is 0 Å². The van der Waals surface area contributed by atoms with Gasteiger partial charge in [0.1, 0.15) is 11.4 Å². The molecule has 0 aliphatic heterocycles. The molecule has 1 aliphatic rings. The van der Waals surface area contributed by atoms with Crippen LogP contribution in [0.25, 0.3) is 0 Å². The van der Waals surface area contributed by atoms with Crippen molar-refractivity contribution in [1.82, 2.24) is 5.32 Å². The van der Waals surface area contributed by atoms with Gasteiger partial charge in [0.2, 0.25) is 5.91 Å². The summed E-state index contributed by atoms with van der Waals surface area (Å²) < 4.78 is 18.7. The molecule has 1 aromatic rings. The number of rotatable bonds is 5. The van der Waals surface area contributed by atoms with Crippen LogP contribution in [0, 0.1) is 11.2 Å². The minimum absolute atomic E-state index is 0.00702. The molecule has 1 aromatic carbocycles. The largest absolute Gasteiger partial charge is 0.378 e. The van der Waals surface area contributed by atoms with Crippen LogP contribution in [0.5, 0.6) is 0 Å². The SMILES string of the molecule is CCOC1CC(N)(C(=O)NCc2cccc(F)c2)C1(C)C. The predicted octanol–water partition coefficient (Wildman–Crippen LogP) is 1.97. The first kappa shape index (κ1) is 15.9. The van der Waals surface area contributed by atoms with Gasteiger partial charge in [-0.25, -0.2) is 4.39 Å². The highest BCUT2D eigenvalue weighted by Crippen LogP contribution is 2.49. The van der Waals surface area contributed by atoms with Crippen LogP contribution in [-0.2, 0) is 16.1 Å². The smallest absolute Gasteiger partial charge is 0.241 e. The highest BCUT2D eigenvalue weighted by atomic mass is 19.1. The van der Waals surface area contributed by atoms with Crippen molar-refractivity contribution in [2.45, 2.75) is 45.4 Å². The Kier molecular flexibility index (Phi) is 4.35. The lowest BCUT2D eigenvalue weighted by Crippen LogP contribution is -2.75. The van der Waals surface area contributed by atoms with Gasteiger partial charge in [-0.05, 0) is 24.6 Å². The highest BCUT2D eigenvalue weighted by Gasteiger charge is 2.62. The summed E-state index contributed by atoms with van der Waals surface area (Å²) in [7, 11) is 0. The molecule has 1 saturated carbocycles. The molecule has 0 spiro atoms. The zero-order valence-corrected chi connectivity index (χ0v) is 12.8. The molecule has 1 amide bonds. The molecule has 1 fully saturated rings. The number of hydrogen-bond acceptors (Lipinski definition) is 3. The number of carbonyl (C=O) groups excluding carboxylic acids is 1. The zero-order chi connectivity index (χ0) is 15.7. The molecule has 1 aliphatic carbocycles. The van der Waals surface area contributed by atoms with E-state index in [1.807, 2.05) is 20.8 Å². The van der Waals surface area contributed by atoms with Crippen molar-refractivity contribution in [3.8, 4) is 0 Å². The number of nitrogens with one attached hydrogen (secondary N) is 1. The van der Waals surface area contributed by atoms with Gasteiger partial charge in [-0.1, -0.05) is 26.0 Å². The minimum Gasteiger partial charge on any atom is -0.378 e. The van der Waals surface area contributed by atoms with E-state index in [1.165, 1.54) is 12.1 Å². The minimum atomic E-state index is -0.944. The molecule has 5 heteroatoms. The van der Waals surface area contributed by atoms with E-state index in [1.54, 1.807) is 12.1 Å². The molecule has 0 saturated heterocycles. The molecule has 0 radical (unpaired) electrons. The molecule has 0 bridgehead atoms. The zero-order valence-electron chi connectivity index (χ0n) is 12.8. The fourth-order valence-corrected chi connectivity index (χ4v) is 2.81. The number of hydrogen-bond donors (Lipinski definition) is 2. The maximum atomic E-state index is 13.1. The maximum Gasteiger partial charge on any atom is 0.241 e. The molecule has 4 nitrogen and oxygen atoms in total. The summed E-state index contributed by atoms with van der Waals surface area (Å²) in [4.78, 5) is 12.4. The first-order chi connectivity index (χ1) is 9.81. The lowest BCUT2D eigenvalue weighted by molar-refractivity contribution is -0.170. The quantitative estimate of drug-likeness (QED) is 0.872. The Morgan fingerprint density at radius 1 is 1.52 bits per heavy atom. The number of nitrogens with two attached hydrogens (primary N) is 1. The van der Waals surface area contributed by atoms with Gasteiger partial charge in [0.25, 0.3) is 0 Å². The predicted molar refractivity (Wildman–Crippen MR) is 79.0 cm³/mol. The van der Waals surface area contributed by atoms with Gasteiger partial charge in [-0.2, -0.15) is 0 Å². The Morgan fingerprint density at radius 2 is 2.24 bits per heavy atom. The molecule has 0 aromatic heterocycles. The van der Waals surface area contributed by atoms with Crippen molar-refractivity contribution in [2.24, 2.45) is 11.1 Å². The van der Waals surface area contributed by atoms with Crippen molar-refractivity contribution < 1.29 is 13.9 Å². The molecule has 116 valence electrons. The standard InChI is InChI=1S/C16H23FN2O2/c1-4-21-13-9-16(18,15(13,2)3)14(20)19-10-11-6-5-7-12(17)8-11/h5-8,13H,4,9-10,18H2,1-3H3,(H,19,20). The van der Waals surface area contributed by atoms with E-state index in [0.717, 1.165) is 0 Å². The maximum absolute atomic E-state index is 13.1. The third-order valence-electron chi connectivity index (χ3n) is 4.58. The molecule has 0 heterocycles.